The van der Waals surface area contributed by atoms with Gasteiger partial charge in [0.1, 0.15) is 5.01 Å². The first-order valence-corrected chi connectivity index (χ1v) is 5.56. The molecule has 1 aliphatic heterocycles. The summed E-state index contributed by atoms with van der Waals surface area (Å²) in [6.45, 7) is 6.24. The molecule has 0 aliphatic carbocycles. The second-order valence-corrected chi connectivity index (χ2v) is 4.71. The van der Waals surface area contributed by atoms with Gasteiger partial charge in [0.25, 0.3) is 0 Å². The van der Waals surface area contributed by atoms with Gasteiger partial charge < -0.3 is 4.90 Å². The molecule has 0 amide bonds. The molecule has 14 heavy (non-hydrogen) atoms. The van der Waals surface area contributed by atoms with E-state index >= 15 is 0 Å². The Morgan fingerprint density at radius 1 is 1.21 bits per heavy atom. The molecular formula is C8H15N5S. The smallest absolute Gasteiger partial charge is 0.220 e. The summed E-state index contributed by atoms with van der Waals surface area (Å²) in [7, 11) is 2.15. The number of piperazine rings is 1. The molecule has 5 nitrogen and oxygen atoms in total. The zero-order chi connectivity index (χ0) is 9.97. The summed E-state index contributed by atoms with van der Waals surface area (Å²) in [4.78, 5) is 2.32. The third-order valence-electron chi connectivity index (χ3n) is 2.28. The highest BCUT2D eigenvalue weighted by Crippen LogP contribution is 2.14. The van der Waals surface area contributed by atoms with Gasteiger partial charge in [-0.25, -0.2) is 5.01 Å². The van der Waals surface area contributed by atoms with Gasteiger partial charge in [-0.3, -0.25) is 5.43 Å². The molecule has 0 spiro atoms. The standard InChI is InChI=1S/C8H15N5S/c1-7-9-10-8(14-7)11-13-5-3-12(2)4-6-13/h3-6H2,1-2H3,(H,10,11). The largest absolute Gasteiger partial charge is 0.304 e. The van der Waals surface area contributed by atoms with E-state index in [9.17, 15) is 0 Å². The van der Waals surface area contributed by atoms with Crippen LogP contribution in [0.3, 0.4) is 0 Å². The number of aromatic nitrogens is 2. The van der Waals surface area contributed by atoms with Crippen molar-refractivity contribution in [3.63, 3.8) is 0 Å². The lowest BCUT2D eigenvalue weighted by Crippen LogP contribution is -2.46. The van der Waals surface area contributed by atoms with Gasteiger partial charge >= 0.3 is 0 Å². The van der Waals surface area contributed by atoms with Gasteiger partial charge in [0.15, 0.2) is 0 Å². The topological polar surface area (TPSA) is 44.3 Å². The van der Waals surface area contributed by atoms with Crippen LogP contribution in [0.2, 0.25) is 0 Å². The summed E-state index contributed by atoms with van der Waals surface area (Å²) in [5.41, 5.74) is 3.27. The Labute approximate surface area is 87.7 Å². The second-order valence-electron chi connectivity index (χ2n) is 3.53. The van der Waals surface area contributed by atoms with E-state index in [1.165, 1.54) is 0 Å². The predicted molar refractivity (Wildman–Crippen MR) is 57.3 cm³/mol. The number of anilines is 1. The van der Waals surface area contributed by atoms with E-state index in [2.05, 4.69) is 32.6 Å². The number of rotatable bonds is 2. The van der Waals surface area contributed by atoms with Crippen molar-refractivity contribution >= 4 is 16.5 Å². The van der Waals surface area contributed by atoms with E-state index in [4.69, 9.17) is 0 Å². The van der Waals surface area contributed by atoms with Gasteiger partial charge in [0, 0.05) is 26.2 Å². The summed E-state index contributed by atoms with van der Waals surface area (Å²) < 4.78 is 0. The maximum Gasteiger partial charge on any atom is 0.220 e. The molecule has 1 aliphatic rings. The Hall–Kier alpha value is -0.720. The zero-order valence-electron chi connectivity index (χ0n) is 8.53. The molecule has 1 saturated heterocycles. The summed E-state index contributed by atoms with van der Waals surface area (Å²) in [6, 6.07) is 0. The molecule has 1 aromatic heterocycles. The van der Waals surface area contributed by atoms with Crippen molar-refractivity contribution in [2.24, 2.45) is 0 Å². The van der Waals surface area contributed by atoms with E-state index < -0.39 is 0 Å². The molecule has 0 aromatic carbocycles. The fourth-order valence-corrected chi connectivity index (χ4v) is 2.01. The van der Waals surface area contributed by atoms with Crippen molar-refractivity contribution in [2.45, 2.75) is 6.92 Å². The van der Waals surface area contributed by atoms with Crippen LogP contribution in [-0.4, -0.2) is 53.3 Å². The highest BCUT2D eigenvalue weighted by Gasteiger charge is 2.14. The zero-order valence-corrected chi connectivity index (χ0v) is 9.34. The van der Waals surface area contributed by atoms with Crippen LogP contribution in [0.15, 0.2) is 0 Å². The molecule has 0 radical (unpaired) electrons. The molecule has 1 fully saturated rings. The fourth-order valence-electron chi connectivity index (χ4n) is 1.40. The molecule has 2 heterocycles. The van der Waals surface area contributed by atoms with Gasteiger partial charge in [0.05, 0.1) is 0 Å². The third kappa shape index (κ3) is 2.40. The van der Waals surface area contributed by atoms with E-state index in [1.54, 1.807) is 11.3 Å². The minimum absolute atomic E-state index is 0.895. The van der Waals surface area contributed by atoms with Crippen LogP contribution in [0, 0.1) is 6.92 Å². The van der Waals surface area contributed by atoms with Crippen molar-refractivity contribution in [3.05, 3.63) is 5.01 Å². The number of aryl methyl sites for hydroxylation is 1. The minimum Gasteiger partial charge on any atom is -0.304 e. The van der Waals surface area contributed by atoms with Crippen molar-refractivity contribution in [1.82, 2.24) is 20.1 Å². The van der Waals surface area contributed by atoms with Gasteiger partial charge in [0.2, 0.25) is 5.13 Å². The van der Waals surface area contributed by atoms with Crippen molar-refractivity contribution in [2.75, 3.05) is 38.7 Å². The average molecular weight is 213 g/mol. The Morgan fingerprint density at radius 3 is 2.50 bits per heavy atom. The lowest BCUT2D eigenvalue weighted by molar-refractivity contribution is 0.179. The molecule has 0 unspecified atom stereocenters. The van der Waals surface area contributed by atoms with Crippen LogP contribution in [-0.2, 0) is 0 Å². The van der Waals surface area contributed by atoms with Gasteiger partial charge in [-0.2, -0.15) is 0 Å². The Bertz CT molecular complexity index is 292. The van der Waals surface area contributed by atoms with E-state index in [0.29, 0.717) is 0 Å². The van der Waals surface area contributed by atoms with E-state index in [0.717, 1.165) is 36.3 Å². The molecule has 2 rings (SSSR count). The van der Waals surface area contributed by atoms with Crippen LogP contribution in [0.1, 0.15) is 5.01 Å². The first-order chi connectivity index (χ1) is 6.74. The number of nitrogens with one attached hydrogen (secondary N) is 1. The predicted octanol–water partition coefficient (Wildman–Crippen LogP) is 0.421. The van der Waals surface area contributed by atoms with E-state index in [-0.39, 0.29) is 0 Å². The number of likely N-dealkylation sites (N-methyl/N-ethyl adjacent to an activating group) is 1. The quantitative estimate of drug-likeness (QED) is 0.771. The lowest BCUT2D eigenvalue weighted by Gasteiger charge is -2.31. The molecule has 1 N–H and O–H groups in total. The number of nitrogens with zero attached hydrogens (tertiary/aromatic N) is 4. The molecule has 0 saturated carbocycles. The normalized spacial score (nSPS) is 19.9. The fraction of sp³-hybridized carbons (Fsp3) is 0.750. The summed E-state index contributed by atoms with van der Waals surface area (Å²) in [5, 5.41) is 12.1. The van der Waals surface area contributed by atoms with Gasteiger partial charge in [-0.15, -0.1) is 10.2 Å². The first-order valence-electron chi connectivity index (χ1n) is 4.74. The Morgan fingerprint density at radius 2 is 1.93 bits per heavy atom. The third-order valence-corrected chi connectivity index (χ3v) is 3.03. The van der Waals surface area contributed by atoms with Crippen molar-refractivity contribution in [3.8, 4) is 0 Å². The molecule has 6 heteroatoms. The Kier molecular flexibility index (Phi) is 2.95. The van der Waals surface area contributed by atoms with Crippen LogP contribution in [0.5, 0.6) is 0 Å². The number of hydrogen-bond donors (Lipinski definition) is 1. The summed E-state index contributed by atoms with van der Waals surface area (Å²) >= 11 is 1.59. The number of hydrogen-bond acceptors (Lipinski definition) is 6. The molecule has 0 bridgehead atoms. The monoisotopic (exact) mass is 213 g/mol. The van der Waals surface area contributed by atoms with E-state index in [1.807, 2.05) is 6.92 Å². The summed E-state index contributed by atoms with van der Waals surface area (Å²) in [6.07, 6.45) is 0. The van der Waals surface area contributed by atoms with Gasteiger partial charge in [-0.05, 0) is 14.0 Å². The highest BCUT2D eigenvalue weighted by atomic mass is 32.1. The molecule has 78 valence electrons. The minimum atomic E-state index is 0.895. The van der Waals surface area contributed by atoms with Crippen molar-refractivity contribution < 1.29 is 0 Å². The lowest BCUT2D eigenvalue weighted by atomic mass is 10.4. The second kappa shape index (κ2) is 4.20. The SMILES string of the molecule is Cc1nnc(NN2CCN(C)CC2)s1. The Balaban J connectivity index is 1.86. The molecule has 0 atom stereocenters. The highest BCUT2D eigenvalue weighted by molar-refractivity contribution is 7.15. The number of hydrazine groups is 1. The van der Waals surface area contributed by atoms with Crippen LogP contribution < -0.4 is 5.43 Å². The maximum absolute atomic E-state index is 4.03. The molecular weight excluding hydrogens is 198 g/mol. The maximum atomic E-state index is 4.03. The average Bonchev–Trinajstić information content (AvgIpc) is 2.56. The van der Waals surface area contributed by atoms with Crippen molar-refractivity contribution in [1.29, 1.82) is 0 Å². The van der Waals surface area contributed by atoms with Crippen LogP contribution in [0.25, 0.3) is 0 Å². The van der Waals surface area contributed by atoms with Crippen LogP contribution >= 0.6 is 11.3 Å². The first kappa shape index (κ1) is 9.82. The summed E-state index contributed by atoms with van der Waals surface area (Å²) in [5.74, 6) is 0. The molecule has 1 aromatic rings. The van der Waals surface area contributed by atoms with Crippen LogP contribution in [0.4, 0.5) is 5.13 Å². The van der Waals surface area contributed by atoms with Gasteiger partial charge in [-0.1, -0.05) is 11.3 Å².